The van der Waals surface area contributed by atoms with Gasteiger partial charge >= 0.3 is 0 Å². The van der Waals surface area contributed by atoms with Crippen LogP contribution in [0.15, 0.2) is 48.5 Å². The second-order valence-corrected chi connectivity index (χ2v) is 7.03. The van der Waals surface area contributed by atoms with Crippen molar-refractivity contribution in [1.82, 2.24) is 0 Å². The van der Waals surface area contributed by atoms with Crippen LogP contribution in [0.25, 0.3) is 11.1 Å². The minimum absolute atomic E-state index is 0.392. The highest BCUT2D eigenvalue weighted by atomic mass is 16.5. The fourth-order valence-electron chi connectivity index (χ4n) is 3.95. The van der Waals surface area contributed by atoms with Gasteiger partial charge in [-0.25, -0.2) is 0 Å². The number of hydrogen-bond donors (Lipinski definition) is 1. The zero-order valence-corrected chi connectivity index (χ0v) is 14.9. The van der Waals surface area contributed by atoms with Gasteiger partial charge in [0.15, 0.2) is 0 Å². The molecule has 0 heterocycles. The highest BCUT2D eigenvalue weighted by Gasteiger charge is 2.25. The first kappa shape index (κ1) is 17.0. The average Bonchev–Trinajstić information content (AvgIpc) is 2.68. The Labute approximate surface area is 146 Å². The normalized spacial score (nSPS) is 22.1. The quantitative estimate of drug-likeness (QED) is 0.802. The molecule has 2 nitrogen and oxygen atoms in total. The third-order valence-electron chi connectivity index (χ3n) is 5.65. The molecule has 1 aliphatic rings. The smallest absolute Gasteiger partial charge is 0.118 e. The predicted molar refractivity (Wildman–Crippen MR) is 101 cm³/mol. The van der Waals surface area contributed by atoms with Crippen molar-refractivity contribution >= 4 is 0 Å². The number of benzene rings is 2. The zero-order valence-electron chi connectivity index (χ0n) is 14.9. The molecule has 1 unspecified atom stereocenters. The summed E-state index contributed by atoms with van der Waals surface area (Å²) in [6.07, 6.45) is 6.21. The van der Waals surface area contributed by atoms with E-state index in [0.29, 0.717) is 12.0 Å². The van der Waals surface area contributed by atoms with E-state index in [-0.39, 0.29) is 0 Å². The average molecular weight is 323 g/mol. The standard InChI is InChI=1S/C22H29NO/c1-3-22(23)20-10-8-18(9-11-20)16-4-6-17(7-5-16)19-12-14-21(24-2)15-13-19/h4-7,12-15,18,20,22H,3,8-11,23H2,1-2H3. The molecule has 0 bridgehead atoms. The SMILES string of the molecule is CCC(N)C1CCC(c2ccc(-c3ccc(OC)cc3)cc2)CC1. The molecule has 2 N–H and O–H groups in total. The second kappa shape index (κ2) is 7.85. The van der Waals surface area contributed by atoms with Crippen LogP contribution in [0.5, 0.6) is 5.75 Å². The molecule has 1 saturated carbocycles. The predicted octanol–water partition coefficient (Wildman–Crippen LogP) is 5.37. The van der Waals surface area contributed by atoms with Crippen LogP contribution in [-0.2, 0) is 0 Å². The summed E-state index contributed by atoms with van der Waals surface area (Å²) in [5.41, 5.74) is 10.2. The van der Waals surface area contributed by atoms with Crippen LogP contribution in [0.4, 0.5) is 0 Å². The van der Waals surface area contributed by atoms with Crippen LogP contribution < -0.4 is 10.5 Å². The van der Waals surface area contributed by atoms with Gasteiger partial charge in [0.05, 0.1) is 7.11 Å². The lowest BCUT2D eigenvalue weighted by atomic mass is 9.75. The minimum atomic E-state index is 0.392. The van der Waals surface area contributed by atoms with Crippen molar-refractivity contribution in [3.8, 4) is 16.9 Å². The van der Waals surface area contributed by atoms with Gasteiger partial charge in [-0.05, 0) is 72.8 Å². The van der Waals surface area contributed by atoms with Crippen LogP contribution >= 0.6 is 0 Å². The summed E-state index contributed by atoms with van der Waals surface area (Å²) in [5.74, 6) is 2.33. The Hall–Kier alpha value is -1.80. The Balaban J connectivity index is 1.64. The van der Waals surface area contributed by atoms with E-state index in [1.165, 1.54) is 42.4 Å². The molecule has 0 amide bonds. The van der Waals surface area contributed by atoms with E-state index in [4.69, 9.17) is 10.5 Å². The molecule has 1 aliphatic carbocycles. The Morgan fingerprint density at radius 1 is 0.917 bits per heavy atom. The van der Waals surface area contributed by atoms with Crippen molar-refractivity contribution in [3.05, 3.63) is 54.1 Å². The largest absolute Gasteiger partial charge is 0.497 e. The number of hydrogen-bond acceptors (Lipinski definition) is 2. The summed E-state index contributed by atoms with van der Waals surface area (Å²) in [7, 11) is 1.70. The minimum Gasteiger partial charge on any atom is -0.497 e. The lowest BCUT2D eigenvalue weighted by Crippen LogP contribution is -2.32. The second-order valence-electron chi connectivity index (χ2n) is 7.03. The third kappa shape index (κ3) is 3.81. The molecule has 2 aromatic carbocycles. The van der Waals surface area contributed by atoms with Gasteiger partial charge in [-0.15, -0.1) is 0 Å². The van der Waals surface area contributed by atoms with Crippen molar-refractivity contribution in [1.29, 1.82) is 0 Å². The summed E-state index contributed by atoms with van der Waals surface area (Å²) in [4.78, 5) is 0. The van der Waals surface area contributed by atoms with Gasteiger partial charge in [-0.3, -0.25) is 0 Å². The fourth-order valence-corrected chi connectivity index (χ4v) is 3.95. The maximum atomic E-state index is 6.23. The molecule has 0 radical (unpaired) electrons. The van der Waals surface area contributed by atoms with E-state index < -0.39 is 0 Å². The van der Waals surface area contributed by atoms with E-state index in [2.05, 4.69) is 43.3 Å². The monoisotopic (exact) mass is 323 g/mol. The van der Waals surface area contributed by atoms with Gasteiger partial charge in [0.25, 0.3) is 0 Å². The van der Waals surface area contributed by atoms with Crippen LogP contribution in [0.1, 0.15) is 50.5 Å². The molecule has 0 spiro atoms. The molecule has 128 valence electrons. The van der Waals surface area contributed by atoms with Crippen molar-refractivity contribution < 1.29 is 4.74 Å². The maximum absolute atomic E-state index is 6.23. The molecular formula is C22H29NO. The van der Waals surface area contributed by atoms with E-state index in [1.807, 2.05) is 12.1 Å². The molecule has 0 aromatic heterocycles. The molecule has 24 heavy (non-hydrogen) atoms. The van der Waals surface area contributed by atoms with E-state index in [1.54, 1.807) is 7.11 Å². The molecule has 0 saturated heterocycles. The summed E-state index contributed by atoms with van der Waals surface area (Å²) in [5, 5.41) is 0. The number of ether oxygens (including phenoxy) is 1. The highest BCUT2D eigenvalue weighted by Crippen LogP contribution is 2.37. The Morgan fingerprint density at radius 2 is 1.46 bits per heavy atom. The molecule has 1 atom stereocenters. The van der Waals surface area contributed by atoms with Crippen LogP contribution in [0, 0.1) is 5.92 Å². The Morgan fingerprint density at radius 3 is 1.96 bits per heavy atom. The first-order chi connectivity index (χ1) is 11.7. The third-order valence-corrected chi connectivity index (χ3v) is 5.65. The van der Waals surface area contributed by atoms with Crippen molar-refractivity contribution in [2.45, 2.75) is 51.0 Å². The van der Waals surface area contributed by atoms with Crippen molar-refractivity contribution in [2.24, 2.45) is 11.7 Å². The molecule has 1 fully saturated rings. The van der Waals surface area contributed by atoms with Crippen molar-refractivity contribution in [2.75, 3.05) is 7.11 Å². The summed E-state index contributed by atoms with van der Waals surface area (Å²) >= 11 is 0. The van der Waals surface area contributed by atoms with Gasteiger partial charge < -0.3 is 10.5 Å². The van der Waals surface area contributed by atoms with E-state index >= 15 is 0 Å². The van der Waals surface area contributed by atoms with Gasteiger partial charge in [0.1, 0.15) is 5.75 Å². The van der Waals surface area contributed by atoms with Gasteiger partial charge in [0, 0.05) is 6.04 Å². The number of methoxy groups -OCH3 is 1. The summed E-state index contributed by atoms with van der Waals surface area (Å²) in [6, 6.07) is 17.8. The van der Waals surface area contributed by atoms with Gasteiger partial charge in [-0.2, -0.15) is 0 Å². The first-order valence-electron chi connectivity index (χ1n) is 9.21. The van der Waals surface area contributed by atoms with E-state index in [0.717, 1.165) is 18.1 Å². The maximum Gasteiger partial charge on any atom is 0.118 e. The topological polar surface area (TPSA) is 35.2 Å². The fraction of sp³-hybridized carbons (Fsp3) is 0.455. The summed E-state index contributed by atoms with van der Waals surface area (Å²) in [6.45, 7) is 2.20. The molecule has 2 heteroatoms. The molecule has 3 rings (SSSR count). The van der Waals surface area contributed by atoms with Gasteiger partial charge in [0.2, 0.25) is 0 Å². The number of nitrogens with two attached hydrogens (primary N) is 1. The van der Waals surface area contributed by atoms with Crippen LogP contribution in [0.3, 0.4) is 0 Å². The molecular weight excluding hydrogens is 294 g/mol. The van der Waals surface area contributed by atoms with Crippen LogP contribution in [0.2, 0.25) is 0 Å². The zero-order chi connectivity index (χ0) is 16.9. The Bertz CT molecular complexity index is 624. The summed E-state index contributed by atoms with van der Waals surface area (Å²) < 4.78 is 5.23. The van der Waals surface area contributed by atoms with Gasteiger partial charge in [-0.1, -0.05) is 43.3 Å². The van der Waals surface area contributed by atoms with Crippen LogP contribution in [-0.4, -0.2) is 13.2 Å². The highest BCUT2D eigenvalue weighted by molar-refractivity contribution is 5.64. The molecule has 2 aromatic rings. The lowest BCUT2D eigenvalue weighted by molar-refractivity contribution is 0.277. The lowest BCUT2D eigenvalue weighted by Gasteiger charge is -2.32. The van der Waals surface area contributed by atoms with Crippen molar-refractivity contribution in [3.63, 3.8) is 0 Å². The Kier molecular flexibility index (Phi) is 5.57. The molecule has 0 aliphatic heterocycles. The number of rotatable bonds is 5. The first-order valence-corrected chi connectivity index (χ1v) is 9.21. The van der Waals surface area contributed by atoms with E-state index in [9.17, 15) is 0 Å².